The van der Waals surface area contributed by atoms with Crippen LogP contribution in [0.5, 0.6) is 0 Å². The maximum atomic E-state index is 12.3. The summed E-state index contributed by atoms with van der Waals surface area (Å²) in [6, 6.07) is 16.8. The van der Waals surface area contributed by atoms with E-state index in [2.05, 4.69) is 26.2 Å². The third-order valence-electron chi connectivity index (χ3n) is 4.14. The number of amides is 1. The number of aromatic nitrogens is 1. The average Bonchev–Trinajstić information content (AvgIpc) is 2.79. The smallest absolute Gasteiger partial charge is 0.261 e. The van der Waals surface area contributed by atoms with E-state index in [1.54, 1.807) is 12.1 Å². The zero-order valence-corrected chi connectivity index (χ0v) is 13.7. The van der Waals surface area contributed by atoms with Crippen LogP contribution in [0, 0.1) is 0 Å². The summed E-state index contributed by atoms with van der Waals surface area (Å²) in [6.07, 6.45) is 0.141. The number of nitrogens with zero attached hydrogens (tertiary/aromatic N) is 1. The van der Waals surface area contributed by atoms with Gasteiger partial charge in [0.15, 0.2) is 5.60 Å². The largest absolute Gasteiger partial charge is 0.375 e. The van der Waals surface area contributed by atoms with Gasteiger partial charge in [0, 0.05) is 33.2 Å². The summed E-state index contributed by atoms with van der Waals surface area (Å²) in [5, 5.41) is 14.7. The topological polar surface area (TPSA) is 62.2 Å². The lowest BCUT2D eigenvalue weighted by atomic mass is 9.90. The molecule has 0 bridgehead atoms. The Kier molecular flexibility index (Phi) is 3.21. The second kappa shape index (κ2) is 5.15. The minimum atomic E-state index is -1.58. The van der Waals surface area contributed by atoms with E-state index in [-0.39, 0.29) is 6.42 Å². The molecule has 0 aliphatic carbocycles. The van der Waals surface area contributed by atoms with Crippen LogP contribution < -0.4 is 5.32 Å². The van der Waals surface area contributed by atoms with Gasteiger partial charge in [-0.2, -0.15) is 0 Å². The molecule has 1 atom stereocenters. The highest BCUT2D eigenvalue weighted by Crippen LogP contribution is 2.38. The number of anilines is 1. The number of pyridine rings is 1. The van der Waals surface area contributed by atoms with Crippen molar-refractivity contribution in [2.45, 2.75) is 12.0 Å². The van der Waals surface area contributed by atoms with Crippen LogP contribution in [0.1, 0.15) is 11.3 Å². The molecule has 0 saturated carbocycles. The molecule has 5 heteroatoms. The molecule has 4 rings (SSSR count). The van der Waals surface area contributed by atoms with Crippen LogP contribution in [0.25, 0.3) is 10.9 Å². The van der Waals surface area contributed by atoms with Crippen LogP contribution in [-0.2, 0) is 16.8 Å². The van der Waals surface area contributed by atoms with E-state index < -0.39 is 11.5 Å². The number of aliphatic hydroxyl groups is 1. The molecule has 2 heterocycles. The maximum absolute atomic E-state index is 12.3. The number of hydrogen-bond donors (Lipinski definition) is 2. The Bertz CT molecular complexity index is 941. The molecule has 2 aromatic carbocycles. The molecule has 23 heavy (non-hydrogen) atoms. The molecule has 0 saturated heterocycles. The first-order chi connectivity index (χ1) is 11.1. The summed E-state index contributed by atoms with van der Waals surface area (Å²) in [7, 11) is 0. The number of para-hydroxylation sites is 1. The van der Waals surface area contributed by atoms with Crippen LogP contribution in [0.15, 0.2) is 59.1 Å². The lowest BCUT2D eigenvalue weighted by Crippen LogP contribution is -2.36. The average molecular weight is 369 g/mol. The number of halogens is 1. The number of fused-ring (bicyclic) bond motifs is 2. The molecule has 1 unspecified atom stereocenters. The van der Waals surface area contributed by atoms with Crippen molar-refractivity contribution < 1.29 is 9.90 Å². The Morgan fingerprint density at radius 2 is 1.96 bits per heavy atom. The zero-order chi connectivity index (χ0) is 16.0. The van der Waals surface area contributed by atoms with Crippen molar-refractivity contribution >= 4 is 38.4 Å². The van der Waals surface area contributed by atoms with E-state index in [0.29, 0.717) is 16.9 Å². The minimum absolute atomic E-state index is 0.141. The summed E-state index contributed by atoms with van der Waals surface area (Å²) in [5.41, 5.74) is 1.19. The fourth-order valence-electron chi connectivity index (χ4n) is 2.98. The molecule has 0 fully saturated rings. The van der Waals surface area contributed by atoms with Crippen molar-refractivity contribution in [1.29, 1.82) is 0 Å². The van der Waals surface area contributed by atoms with Gasteiger partial charge in [0.2, 0.25) is 0 Å². The SMILES string of the molecule is O=C1Nc2ccccc2C1(O)Cc1ccc2cc(Br)ccc2n1. The maximum Gasteiger partial charge on any atom is 0.261 e. The fourth-order valence-corrected chi connectivity index (χ4v) is 3.35. The molecule has 1 aromatic heterocycles. The van der Waals surface area contributed by atoms with Gasteiger partial charge in [-0.15, -0.1) is 0 Å². The monoisotopic (exact) mass is 368 g/mol. The number of nitrogens with one attached hydrogen (secondary N) is 1. The highest BCUT2D eigenvalue weighted by atomic mass is 79.9. The summed E-state index contributed by atoms with van der Waals surface area (Å²) in [5.74, 6) is -0.406. The van der Waals surface area contributed by atoms with Gasteiger partial charge in [0.05, 0.1) is 5.52 Å². The molecule has 2 N–H and O–H groups in total. The van der Waals surface area contributed by atoms with Crippen molar-refractivity contribution in [1.82, 2.24) is 4.98 Å². The molecule has 1 amide bonds. The Hall–Kier alpha value is -2.24. The number of hydrogen-bond acceptors (Lipinski definition) is 3. The molecular weight excluding hydrogens is 356 g/mol. The standard InChI is InChI=1S/C18H13BrN2O2/c19-12-6-8-15-11(9-12)5-7-13(20-15)10-18(23)14-3-1-2-4-16(14)21-17(18)22/h1-9,23H,10H2,(H,21,22). The van der Waals surface area contributed by atoms with E-state index in [9.17, 15) is 9.90 Å². The van der Waals surface area contributed by atoms with Crippen LogP contribution in [0.3, 0.4) is 0 Å². The van der Waals surface area contributed by atoms with Crippen molar-refractivity contribution in [2.75, 3.05) is 5.32 Å². The van der Waals surface area contributed by atoms with Gasteiger partial charge in [-0.25, -0.2) is 0 Å². The number of carbonyl (C=O) groups excluding carboxylic acids is 1. The lowest BCUT2D eigenvalue weighted by molar-refractivity contribution is -0.133. The summed E-state index contributed by atoms with van der Waals surface area (Å²) < 4.78 is 0.988. The molecule has 3 aromatic rings. The van der Waals surface area contributed by atoms with Gasteiger partial charge < -0.3 is 10.4 Å². The molecule has 0 radical (unpaired) electrons. The first-order valence-electron chi connectivity index (χ1n) is 7.25. The fraction of sp³-hybridized carbons (Fsp3) is 0.111. The molecular formula is C18H13BrN2O2. The van der Waals surface area contributed by atoms with Gasteiger partial charge >= 0.3 is 0 Å². The van der Waals surface area contributed by atoms with Crippen LogP contribution in [0.4, 0.5) is 5.69 Å². The summed E-state index contributed by atoms with van der Waals surface area (Å²) in [6.45, 7) is 0. The third-order valence-corrected chi connectivity index (χ3v) is 4.64. The van der Waals surface area contributed by atoms with Crippen LogP contribution >= 0.6 is 15.9 Å². The summed E-state index contributed by atoms with van der Waals surface area (Å²) >= 11 is 3.44. The number of carbonyl (C=O) groups is 1. The van der Waals surface area contributed by atoms with Crippen molar-refractivity contribution in [3.8, 4) is 0 Å². The Labute approximate surface area is 141 Å². The predicted molar refractivity (Wildman–Crippen MR) is 92.1 cm³/mol. The molecule has 1 aliphatic rings. The van der Waals surface area contributed by atoms with E-state index in [1.165, 1.54) is 0 Å². The highest BCUT2D eigenvalue weighted by Gasteiger charge is 2.45. The van der Waals surface area contributed by atoms with Crippen molar-refractivity contribution in [3.63, 3.8) is 0 Å². The number of benzene rings is 2. The first kappa shape index (κ1) is 14.4. The molecule has 0 spiro atoms. The van der Waals surface area contributed by atoms with E-state index >= 15 is 0 Å². The molecule has 114 valence electrons. The normalized spacial score (nSPS) is 19.7. The Morgan fingerprint density at radius 3 is 2.83 bits per heavy atom. The molecule has 4 nitrogen and oxygen atoms in total. The zero-order valence-electron chi connectivity index (χ0n) is 12.1. The quantitative estimate of drug-likeness (QED) is 0.728. The highest BCUT2D eigenvalue weighted by molar-refractivity contribution is 9.10. The van der Waals surface area contributed by atoms with Crippen molar-refractivity contribution in [2.24, 2.45) is 0 Å². The van der Waals surface area contributed by atoms with Crippen molar-refractivity contribution in [3.05, 3.63) is 70.3 Å². The van der Waals surface area contributed by atoms with Crippen LogP contribution in [-0.4, -0.2) is 16.0 Å². The number of rotatable bonds is 2. The second-order valence-corrected chi connectivity index (χ2v) is 6.59. The minimum Gasteiger partial charge on any atom is -0.375 e. The lowest BCUT2D eigenvalue weighted by Gasteiger charge is -2.20. The predicted octanol–water partition coefficient (Wildman–Crippen LogP) is 3.38. The summed E-state index contributed by atoms with van der Waals surface area (Å²) in [4.78, 5) is 16.8. The van der Waals surface area contributed by atoms with Gasteiger partial charge in [0.25, 0.3) is 5.91 Å². The van der Waals surface area contributed by atoms with E-state index in [0.717, 1.165) is 15.4 Å². The Morgan fingerprint density at radius 1 is 1.13 bits per heavy atom. The van der Waals surface area contributed by atoms with Gasteiger partial charge in [-0.1, -0.05) is 40.2 Å². The van der Waals surface area contributed by atoms with Gasteiger partial charge in [-0.3, -0.25) is 9.78 Å². The molecule has 1 aliphatic heterocycles. The van der Waals surface area contributed by atoms with Crippen LogP contribution in [0.2, 0.25) is 0 Å². The van der Waals surface area contributed by atoms with Gasteiger partial charge in [-0.05, 0) is 30.3 Å². The third kappa shape index (κ3) is 2.33. The first-order valence-corrected chi connectivity index (χ1v) is 8.04. The Balaban J connectivity index is 1.75. The second-order valence-electron chi connectivity index (χ2n) is 5.68. The van der Waals surface area contributed by atoms with E-state index in [4.69, 9.17) is 0 Å². The van der Waals surface area contributed by atoms with E-state index in [1.807, 2.05) is 42.5 Å². The van der Waals surface area contributed by atoms with Gasteiger partial charge in [0.1, 0.15) is 0 Å².